The van der Waals surface area contributed by atoms with Crippen LogP contribution in [0, 0.1) is 0 Å². The van der Waals surface area contributed by atoms with Crippen LogP contribution >= 0.6 is 23.1 Å². The molecular weight excluding hydrogens is 380 g/mol. The smallest absolute Gasteiger partial charge is 0.259 e. The number of likely N-dealkylation sites (tertiary alicyclic amines) is 1. The summed E-state index contributed by atoms with van der Waals surface area (Å²) in [6.07, 6.45) is 5.75. The number of likely N-dealkylation sites (N-methyl/N-ethyl adjacent to an activating group) is 1. The van der Waals surface area contributed by atoms with Crippen LogP contribution in [-0.2, 0) is 23.4 Å². The summed E-state index contributed by atoms with van der Waals surface area (Å²) in [5, 5.41) is 0.791. The van der Waals surface area contributed by atoms with Crippen molar-refractivity contribution >= 4 is 39.2 Å². The predicted molar refractivity (Wildman–Crippen MR) is 112 cm³/mol. The van der Waals surface area contributed by atoms with Crippen molar-refractivity contribution in [3.05, 3.63) is 26.6 Å². The average molecular weight is 407 g/mol. The Morgan fingerprint density at radius 2 is 2.11 bits per heavy atom. The van der Waals surface area contributed by atoms with Crippen molar-refractivity contribution in [2.24, 2.45) is 0 Å². The van der Waals surface area contributed by atoms with E-state index < -0.39 is 0 Å². The first kappa shape index (κ1) is 19.0. The van der Waals surface area contributed by atoms with Gasteiger partial charge < -0.3 is 14.8 Å². The third kappa shape index (κ3) is 4.22. The Kier molecular flexibility index (Phi) is 5.85. The molecule has 3 heterocycles. The molecule has 1 N–H and O–H groups in total. The summed E-state index contributed by atoms with van der Waals surface area (Å²) in [5.41, 5.74) is 1.18. The van der Waals surface area contributed by atoms with Gasteiger partial charge in [0.2, 0.25) is 5.91 Å². The van der Waals surface area contributed by atoms with Gasteiger partial charge in [-0.25, -0.2) is 4.98 Å². The predicted octanol–water partition coefficient (Wildman–Crippen LogP) is 2.26. The highest BCUT2D eigenvalue weighted by molar-refractivity contribution is 7.99. The molecule has 1 aliphatic carbocycles. The van der Waals surface area contributed by atoms with Gasteiger partial charge in [-0.1, -0.05) is 0 Å². The lowest BCUT2D eigenvalue weighted by Crippen LogP contribution is -2.36. The Morgan fingerprint density at radius 1 is 1.30 bits per heavy atom. The number of nitrogens with one attached hydrogen (secondary N) is 1. The summed E-state index contributed by atoms with van der Waals surface area (Å²) in [4.78, 5) is 38.7. The number of H-pyrrole nitrogens is 1. The molecule has 0 saturated carbocycles. The third-order valence-corrected chi connectivity index (χ3v) is 7.58. The van der Waals surface area contributed by atoms with Crippen molar-refractivity contribution in [3.8, 4) is 0 Å². The maximum Gasteiger partial charge on any atom is 0.259 e. The van der Waals surface area contributed by atoms with E-state index in [1.807, 2.05) is 11.9 Å². The molecule has 4 rings (SSSR count). The summed E-state index contributed by atoms with van der Waals surface area (Å²) in [6, 6.07) is 0. The van der Waals surface area contributed by atoms with E-state index in [1.165, 1.54) is 35.0 Å². The number of aromatic nitrogens is 2. The van der Waals surface area contributed by atoms with Crippen LogP contribution in [0.3, 0.4) is 0 Å². The first-order valence-corrected chi connectivity index (χ1v) is 11.7. The monoisotopic (exact) mass is 406 g/mol. The number of fused-ring (bicyclic) bond motifs is 3. The van der Waals surface area contributed by atoms with Gasteiger partial charge in [-0.3, -0.25) is 9.59 Å². The topological polar surface area (TPSA) is 69.3 Å². The second-order valence-electron chi connectivity index (χ2n) is 7.41. The summed E-state index contributed by atoms with van der Waals surface area (Å²) in [5.74, 6) is 1.78. The number of hydrogen-bond acceptors (Lipinski definition) is 6. The SMILES string of the molecule is CN(CCN1CCCC1)C(=O)CSCc1nc2sc3c(c2c(=O)[nH]1)CCC3. The van der Waals surface area contributed by atoms with Crippen molar-refractivity contribution in [1.82, 2.24) is 19.8 Å². The van der Waals surface area contributed by atoms with Gasteiger partial charge in [0.05, 0.1) is 16.9 Å². The number of hydrogen-bond donors (Lipinski definition) is 1. The van der Waals surface area contributed by atoms with Crippen molar-refractivity contribution in [1.29, 1.82) is 0 Å². The second kappa shape index (κ2) is 8.32. The van der Waals surface area contributed by atoms with Crippen molar-refractivity contribution in [3.63, 3.8) is 0 Å². The molecule has 2 aromatic heterocycles. The zero-order valence-electron chi connectivity index (χ0n) is 15.8. The number of thioether (sulfide) groups is 1. The van der Waals surface area contributed by atoms with E-state index in [2.05, 4.69) is 14.9 Å². The van der Waals surface area contributed by atoms with Crippen LogP contribution in [0.15, 0.2) is 4.79 Å². The Bertz CT molecular complexity index is 886. The standard InChI is InChI=1S/C19H26N4O2S2/c1-22(9-10-23-7-2-3-8-23)16(24)12-26-11-15-20-18(25)17-13-5-4-6-14(13)27-19(17)21-15/h2-12H2,1H3,(H,20,21,25). The minimum Gasteiger partial charge on any atom is -0.344 e. The molecule has 0 unspecified atom stereocenters. The van der Waals surface area contributed by atoms with Crippen LogP contribution in [0.5, 0.6) is 0 Å². The number of nitrogens with zero attached hydrogens (tertiary/aromatic N) is 3. The Balaban J connectivity index is 1.29. The number of amides is 1. The van der Waals surface area contributed by atoms with Crippen LogP contribution in [0.1, 0.15) is 35.5 Å². The number of aryl methyl sites for hydroxylation is 2. The van der Waals surface area contributed by atoms with Gasteiger partial charge >= 0.3 is 0 Å². The van der Waals surface area contributed by atoms with E-state index in [-0.39, 0.29) is 11.5 Å². The maximum absolute atomic E-state index is 12.5. The lowest BCUT2D eigenvalue weighted by molar-refractivity contribution is -0.127. The lowest BCUT2D eigenvalue weighted by Gasteiger charge is -2.21. The van der Waals surface area contributed by atoms with Gasteiger partial charge in [0.1, 0.15) is 10.7 Å². The van der Waals surface area contributed by atoms with E-state index in [9.17, 15) is 9.59 Å². The molecule has 0 radical (unpaired) electrons. The highest BCUT2D eigenvalue weighted by atomic mass is 32.2. The van der Waals surface area contributed by atoms with E-state index in [0.717, 1.165) is 55.7 Å². The first-order chi connectivity index (χ1) is 13.1. The van der Waals surface area contributed by atoms with E-state index in [0.29, 0.717) is 17.3 Å². The van der Waals surface area contributed by atoms with E-state index >= 15 is 0 Å². The summed E-state index contributed by atoms with van der Waals surface area (Å²) in [6.45, 7) is 4.05. The molecule has 1 saturated heterocycles. The minimum atomic E-state index is -0.0240. The molecule has 1 amide bonds. The van der Waals surface area contributed by atoms with Crippen molar-refractivity contribution in [2.75, 3.05) is 39.0 Å². The molecule has 0 spiro atoms. The largest absolute Gasteiger partial charge is 0.344 e. The normalized spacial score (nSPS) is 16.9. The summed E-state index contributed by atoms with van der Waals surface area (Å²) in [7, 11) is 1.87. The van der Waals surface area contributed by atoms with Crippen LogP contribution in [0.2, 0.25) is 0 Å². The number of carbonyl (C=O) groups excluding carboxylic acids is 1. The molecule has 2 aromatic rings. The third-order valence-electron chi connectivity index (χ3n) is 5.46. The summed E-state index contributed by atoms with van der Waals surface area (Å²) < 4.78 is 0. The van der Waals surface area contributed by atoms with Gasteiger partial charge in [0.15, 0.2) is 0 Å². The molecule has 146 valence electrons. The maximum atomic E-state index is 12.5. The second-order valence-corrected chi connectivity index (χ2v) is 9.48. The molecule has 1 aliphatic heterocycles. The van der Waals surface area contributed by atoms with Crippen LogP contribution < -0.4 is 5.56 Å². The van der Waals surface area contributed by atoms with Gasteiger partial charge in [0, 0.05) is 25.0 Å². The molecule has 8 heteroatoms. The molecule has 6 nitrogen and oxygen atoms in total. The fraction of sp³-hybridized carbons (Fsp3) is 0.632. The number of carbonyl (C=O) groups is 1. The fourth-order valence-electron chi connectivity index (χ4n) is 3.88. The quantitative estimate of drug-likeness (QED) is 0.764. The number of aromatic amines is 1. The van der Waals surface area contributed by atoms with E-state index in [1.54, 1.807) is 11.3 Å². The minimum absolute atomic E-state index is 0.0240. The fourth-order valence-corrected chi connectivity index (χ4v) is 5.99. The van der Waals surface area contributed by atoms with Gasteiger partial charge in [-0.15, -0.1) is 23.1 Å². The first-order valence-electron chi connectivity index (χ1n) is 9.69. The van der Waals surface area contributed by atoms with Crippen molar-refractivity contribution < 1.29 is 4.79 Å². The molecule has 0 aromatic carbocycles. The van der Waals surface area contributed by atoms with Gasteiger partial charge in [-0.05, 0) is 50.8 Å². The molecule has 0 atom stereocenters. The number of thiophene rings is 1. The van der Waals surface area contributed by atoms with Crippen molar-refractivity contribution in [2.45, 2.75) is 37.9 Å². The Hall–Kier alpha value is -1.38. The zero-order chi connectivity index (χ0) is 18.8. The Labute approximate surface area is 167 Å². The average Bonchev–Trinajstić information content (AvgIpc) is 3.36. The van der Waals surface area contributed by atoms with E-state index in [4.69, 9.17) is 0 Å². The molecule has 27 heavy (non-hydrogen) atoms. The van der Waals surface area contributed by atoms with Gasteiger partial charge in [-0.2, -0.15) is 0 Å². The summed E-state index contributed by atoms with van der Waals surface area (Å²) >= 11 is 3.17. The zero-order valence-corrected chi connectivity index (χ0v) is 17.4. The Morgan fingerprint density at radius 3 is 2.93 bits per heavy atom. The molecular formula is C19H26N4O2S2. The lowest BCUT2D eigenvalue weighted by atomic mass is 10.2. The van der Waals surface area contributed by atoms with Crippen LogP contribution in [0.25, 0.3) is 10.2 Å². The highest BCUT2D eigenvalue weighted by Crippen LogP contribution is 2.34. The molecule has 2 aliphatic rings. The van der Waals surface area contributed by atoms with Crippen LogP contribution in [0.4, 0.5) is 0 Å². The number of rotatable bonds is 7. The molecule has 0 bridgehead atoms. The highest BCUT2D eigenvalue weighted by Gasteiger charge is 2.21. The van der Waals surface area contributed by atoms with Crippen LogP contribution in [-0.4, -0.2) is 64.7 Å². The van der Waals surface area contributed by atoms with Gasteiger partial charge in [0.25, 0.3) is 5.56 Å². The molecule has 1 fully saturated rings.